The number of fused-ring (bicyclic) bond motifs is 1. The number of carbonyl (C=O) groups is 2. The van der Waals surface area contributed by atoms with Gasteiger partial charge in [-0.1, -0.05) is 42.5 Å². The van der Waals surface area contributed by atoms with E-state index in [1.54, 1.807) is 6.92 Å². The van der Waals surface area contributed by atoms with Crippen molar-refractivity contribution >= 4 is 34.7 Å². The highest BCUT2D eigenvalue weighted by atomic mass is 16.4. The van der Waals surface area contributed by atoms with E-state index in [0.717, 1.165) is 16.5 Å². The Kier molecular flexibility index (Phi) is 6.08. The monoisotopic (exact) mass is 325 g/mol. The number of nitrogens with one attached hydrogen (secondary N) is 2. The highest BCUT2D eigenvalue weighted by Gasteiger charge is 2.05. The number of carboxylic acid groups (broad SMARTS) is 1. The van der Waals surface area contributed by atoms with Gasteiger partial charge in [0, 0.05) is 17.8 Å². The maximum atomic E-state index is 11.9. The SMILES string of the molecule is CC(/C=C\N=C/CNC(=O)Nc1cccc2ccccc12)C(=O)O. The van der Waals surface area contributed by atoms with E-state index in [-0.39, 0.29) is 12.6 Å². The predicted molar refractivity (Wildman–Crippen MR) is 95.4 cm³/mol. The van der Waals surface area contributed by atoms with Crippen LogP contribution < -0.4 is 10.6 Å². The zero-order valence-corrected chi connectivity index (χ0v) is 13.3. The van der Waals surface area contributed by atoms with Crippen molar-refractivity contribution < 1.29 is 14.7 Å². The number of aliphatic carboxylic acids is 1. The van der Waals surface area contributed by atoms with Crippen molar-refractivity contribution in [1.82, 2.24) is 5.32 Å². The first-order chi connectivity index (χ1) is 11.6. The summed E-state index contributed by atoms with van der Waals surface area (Å²) >= 11 is 0. The summed E-state index contributed by atoms with van der Waals surface area (Å²) in [5.74, 6) is -1.50. The van der Waals surface area contributed by atoms with E-state index in [4.69, 9.17) is 5.11 Å². The summed E-state index contributed by atoms with van der Waals surface area (Å²) in [5.41, 5.74) is 0.734. The molecule has 0 aliphatic rings. The number of carboxylic acids is 1. The average Bonchev–Trinajstić information content (AvgIpc) is 2.58. The zero-order valence-electron chi connectivity index (χ0n) is 13.3. The summed E-state index contributed by atoms with van der Waals surface area (Å²) in [7, 11) is 0. The molecule has 6 nitrogen and oxygen atoms in total. The lowest BCUT2D eigenvalue weighted by Gasteiger charge is -2.08. The molecule has 1 unspecified atom stereocenters. The Morgan fingerprint density at radius 3 is 2.75 bits per heavy atom. The quantitative estimate of drug-likeness (QED) is 0.712. The molecule has 2 aromatic rings. The Morgan fingerprint density at radius 1 is 1.21 bits per heavy atom. The second-order valence-corrected chi connectivity index (χ2v) is 5.16. The molecule has 2 rings (SSSR count). The lowest BCUT2D eigenvalue weighted by molar-refractivity contribution is -0.139. The molecule has 0 bridgehead atoms. The topological polar surface area (TPSA) is 90.8 Å². The number of carbonyl (C=O) groups excluding carboxylic acids is 1. The van der Waals surface area contributed by atoms with Crippen LogP contribution in [-0.2, 0) is 4.79 Å². The molecule has 1 atom stereocenters. The number of anilines is 1. The van der Waals surface area contributed by atoms with Gasteiger partial charge in [0.1, 0.15) is 0 Å². The van der Waals surface area contributed by atoms with E-state index in [2.05, 4.69) is 15.6 Å². The average molecular weight is 325 g/mol. The molecule has 2 amide bonds. The van der Waals surface area contributed by atoms with Gasteiger partial charge in [-0.15, -0.1) is 0 Å². The summed E-state index contributed by atoms with van der Waals surface area (Å²) in [5, 5.41) is 16.2. The van der Waals surface area contributed by atoms with Gasteiger partial charge in [0.05, 0.1) is 18.2 Å². The van der Waals surface area contributed by atoms with Crippen LogP contribution in [0, 0.1) is 5.92 Å². The first-order valence-electron chi connectivity index (χ1n) is 7.51. The van der Waals surface area contributed by atoms with Gasteiger partial charge in [-0.25, -0.2) is 4.79 Å². The molecule has 3 N–H and O–H groups in total. The van der Waals surface area contributed by atoms with Gasteiger partial charge < -0.3 is 15.7 Å². The molecule has 24 heavy (non-hydrogen) atoms. The molecule has 0 aliphatic heterocycles. The van der Waals surface area contributed by atoms with E-state index in [1.807, 2.05) is 42.5 Å². The third-order valence-corrected chi connectivity index (χ3v) is 3.35. The first kappa shape index (κ1) is 17.2. The standard InChI is InChI=1S/C18H19N3O3/c1-13(17(22)23)9-10-19-11-12-20-18(24)21-16-8-4-6-14-5-2-3-7-15(14)16/h2-11,13H,12H2,1H3,(H,22,23)(H2,20,21,24)/b10-9-,19-11-. The van der Waals surface area contributed by atoms with Gasteiger partial charge in [-0.05, 0) is 18.4 Å². The molecule has 0 spiro atoms. The number of rotatable bonds is 6. The zero-order chi connectivity index (χ0) is 17.4. The molecule has 0 radical (unpaired) electrons. The summed E-state index contributed by atoms with van der Waals surface area (Å²) in [6.07, 6.45) is 4.37. The van der Waals surface area contributed by atoms with Crippen LogP contribution in [0.3, 0.4) is 0 Å². The molecule has 0 heterocycles. The molecule has 0 aromatic heterocycles. The molecule has 124 valence electrons. The van der Waals surface area contributed by atoms with Crippen molar-refractivity contribution in [2.45, 2.75) is 6.92 Å². The Balaban J connectivity index is 1.84. The third-order valence-electron chi connectivity index (χ3n) is 3.35. The Hall–Kier alpha value is -3.15. The number of benzene rings is 2. The van der Waals surface area contributed by atoms with Crippen LogP contribution in [0.4, 0.5) is 10.5 Å². The molecular formula is C18H19N3O3. The van der Waals surface area contributed by atoms with Crippen molar-refractivity contribution in [3.63, 3.8) is 0 Å². The lowest BCUT2D eigenvalue weighted by atomic mass is 10.1. The number of amides is 2. The summed E-state index contributed by atoms with van der Waals surface area (Å²) in [6.45, 7) is 1.80. The van der Waals surface area contributed by atoms with Crippen LogP contribution in [0.15, 0.2) is 59.7 Å². The second kappa shape index (κ2) is 8.47. The van der Waals surface area contributed by atoms with Gasteiger partial charge in [0.2, 0.25) is 0 Å². The molecule has 0 saturated carbocycles. The lowest BCUT2D eigenvalue weighted by Crippen LogP contribution is -2.30. The summed E-state index contributed by atoms with van der Waals surface area (Å²) in [4.78, 5) is 26.4. The minimum absolute atomic E-state index is 0.238. The maximum Gasteiger partial charge on any atom is 0.319 e. The van der Waals surface area contributed by atoms with Crippen molar-refractivity contribution in [3.8, 4) is 0 Å². The molecule has 0 saturated heterocycles. The van der Waals surface area contributed by atoms with Crippen molar-refractivity contribution in [2.24, 2.45) is 10.9 Å². The minimum Gasteiger partial charge on any atom is -0.481 e. The number of hydrogen-bond acceptors (Lipinski definition) is 3. The Bertz CT molecular complexity index is 779. The van der Waals surface area contributed by atoms with Gasteiger partial charge in [-0.3, -0.25) is 9.79 Å². The van der Waals surface area contributed by atoms with Crippen LogP contribution in [0.1, 0.15) is 6.92 Å². The van der Waals surface area contributed by atoms with Crippen molar-refractivity contribution in [1.29, 1.82) is 0 Å². The normalized spacial score (nSPS) is 12.5. The van der Waals surface area contributed by atoms with Crippen molar-refractivity contribution in [3.05, 3.63) is 54.7 Å². The molecular weight excluding hydrogens is 306 g/mol. The summed E-state index contributed by atoms with van der Waals surface area (Å²) in [6, 6.07) is 13.2. The van der Waals surface area contributed by atoms with Gasteiger partial charge in [0.25, 0.3) is 0 Å². The van der Waals surface area contributed by atoms with Gasteiger partial charge in [-0.2, -0.15) is 0 Å². The molecule has 0 fully saturated rings. The second-order valence-electron chi connectivity index (χ2n) is 5.16. The highest BCUT2D eigenvalue weighted by molar-refractivity contribution is 6.01. The Labute approximate surface area is 139 Å². The van der Waals surface area contributed by atoms with Crippen molar-refractivity contribution in [2.75, 3.05) is 11.9 Å². The van der Waals surface area contributed by atoms with E-state index in [1.165, 1.54) is 18.5 Å². The number of nitrogens with zero attached hydrogens (tertiary/aromatic N) is 1. The molecule has 2 aromatic carbocycles. The number of aliphatic imine (C=N–C) groups is 1. The molecule has 6 heteroatoms. The fourth-order valence-electron chi connectivity index (χ4n) is 2.01. The van der Waals surface area contributed by atoms with Crippen LogP contribution in [0.5, 0.6) is 0 Å². The number of urea groups is 1. The van der Waals surface area contributed by atoms with Crippen LogP contribution >= 0.6 is 0 Å². The van der Waals surface area contributed by atoms with Gasteiger partial charge >= 0.3 is 12.0 Å². The third kappa shape index (κ3) is 4.95. The maximum absolute atomic E-state index is 11.9. The Morgan fingerprint density at radius 2 is 1.96 bits per heavy atom. The summed E-state index contributed by atoms with van der Waals surface area (Å²) < 4.78 is 0. The first-order valence-corrected chi connectivity index (χ1v) is 7.51. The van der Waals surface area contributed by atoms with E-state index < -0.39 is 11.9 Å². The van der Waals surface area contributed by atoms with E-state index in [9.17, 15) is 9.59 Å². The van der Waals surface area contributed by atoms with E-state index >= 15 is 0 Å². The fraction of sp³-hybridized carbons (Fsp3) is 0.167. The van der Waals surface area contributed by atoms with Crippen LogP contribution in [0.2, 0.25) is 0 Å². The van der Waals surface area contributed by atoms with Crippen LogP contribution in [0.25, 0.3) is 10.8 Å². The van der Waals surface area contributed by atoms with E-state index in [0.29, 0.717) is 0 Å². The fourth-order valence-corrected chi connectivity index (χ4v) is 2.01. The van der Waals surface area contributed by atoms with Crippen LogP contribution in [-0.4, -0.2) is 29.9 Å². The predicted octanol–water partition coefficient (Wildman–Crippen LogP) is 3.27. The number of hydrogen-bond donors (Lipinski definition) is 3. The highest BCUT2D eigenvalue weighted by Crippen LogP contribution is 2.22. The smallest absolute Gasteiger partial charge is 0.319 e. The van der Waals surface area contributed by atoms with Gasteiger partial charge in [0.15, 0.2) is 0 Å². The molecule has 0 aliphatic carbocycles. The minimum atomic E-state index is -0.908. The largest absolute Gasteiger partial charge is 0.481 e.